The van der Waals surface area contributed by atoms with Crippen molar-refractivity contribution in [2.75, 3.05) is 5.88 Å². The highest BCUT2D eigenvalue weighted by molar-refractivity contribution is 6.27. The van der Waals surface area contributed by atoms with Gasteiger partial charge in [0.15, 0.2) is 0 Å². The van der Waals surface area contributed by atoms with E-state index in [1.807, 2.05) is 27.1 Å². The molecule has 1 aromatic heterocycles. The van der Waals surface area contributed by atoms with Crippen LogP contribution < -0.4 is 5.32 Å². The van der Waals surface area contributed by atoms with Crippen molar-refractivity contribution in [2.45, 2.75) is 19.9 Å². The van der Waals surface area contributed by atoms with Gasteiger partial charge in [-0.2, -0.15) is 5.10 Å². The molecule has 0 aliphatic heterocycles. The van der Waals surface area contributed by atoms with Gasteiger partial charge in [0.05, 0.1) is 11.7 Å². The average Bonchev–Trinajstić information content (AvgIpc) is 2.45. The van der Waals surface area contributed by atoms with Gasteiger partial charge in [0.25, 0.3) is 0 Å². The highest BCUT2D eigenvalue weighted by Crippen LogP contribution is 2.15. The minimum atomic E-state index is -0.164. The molecule has 5 heteroatoms. The number of aromatic nitrogens is 2. The number of hydrogen-bond acceptors (Lipinski definition) is 2. The van der Waals surface area contributed by atoms with Gasteiger partial charge in [-0.3, -0.25) is 9.48 Å². The van der Waals surface area contributed by atoms with Crippen LogP contribution in [0.5, 0.6) is 0 Å². The van der Waals surface area contributed by atoms with E-state index in [2.05, 4.69) is 10.4 Å². The molecule has 1 rings (SSSR count). The molecule has 1 aromatic rings. The lowest BCUT2D eigenvalue weighted by atomic mass is 10.1. The van der Waals surface area contributed by atoms with Crippen LogP contribution >= 0.6 is 11.6 Å². The third-order valence-corrected chi connectivity index (χ3v) is 2.26. The first kappa shape index (κ1) is 11.0. The van der Waals surface area contributed by atoms with Gasteiger partial charge in [0.1, 0.15) is 5.88 Å². The maximum absolute atomic E-state index is 11.0. The minimum Gasteiger partial charge on any atom is -0.348 e. The van der Waals surface area contributed by atoms with Gasteiger partial charge in [0, 0.05) is 18.8 Å². The first-order chi connectivity index (χ1) is 6.54. The highest BCUT2D eigenvalue weighted by Gasteiger charge is 2.13. The third-order valence-electron chi connectivity index (χ3n) is 2.02. The number of alkyl halides is 1. The van der Waals surface area contributed by atoms with Gasteiger partial charge in [-0.1, -0.05) is 0 Å². The van der Waals surface area contributed by atoms with Crippen molar-refractivity contribution in [2.24, 2.45) is 7.05 Å². The Morgan fingerprint density at radius 2 is 2.43 bits per heavy atom. The number of hydrogen-bond donors (Lipinski definition) is 1. The Hall–Kier alpha value is -1.03. The predicted molar refractivity (Wildman–Crippen MR) is 55.2 cm³/mol. The second-order valence-corrected chi connectivity index (χ2v) is 3.53. The molecule has 0 aliphatic carbocycles. The number of aryl methyl sites for hydroxylation is 2. The molecule has 1 unspecified atom stereocenters. The second kappa shape index (κ2) is 4.46. The molecule has 14 heavy (non-hydrogen) atoms. The van der Waals surface area contributed by atoms with Gasteiger partial charge in [-0.05, 0) is 13.8 Å². The molecule has 4 nitrogen and oxygen atoms in total. The maximum Gasteiger partial charge on any atom is 0.235 e. The molecular formula is C9H14ClN3O. The fourth-order valence-electron chi connectivity index (χ4n) is 1.40. The number of carbonyl (C=O) groups excluding carboxylic acids is 1. The van der Waals surface area contributed by atoms with E-state index in [0.717, 1.165) is 11.3 Å². The van der Waals surface area contributed by atoms with Crippen molar-refractivity contribution in [3.05, 3.63) is 17.5 Å². The Morgan fingerprint density at radius 3 is 2.86 bits per heavy atom. The lowest BCUT2D eigenvalue weighted by Gasteiger charge is -2.11. The van der Waals surface area contributed by atoms with Gasteiger partial charge >= 0.3 is 0 Å². The second-order valence-electron chi connectivity index (χ2n) is 3.27. The summed E-state index contributed by atoms with van der Waals surface area (Å²) in [5.41, 5.74) is 1.95. The van der Waals surface area contributed by atoms with E-state index in [0.29, 0.717) is 0 Å². The number of nitrogens with zero attached hydrogens (tertiary/aromatic N) is 2. The van der Waals surface area contributed by atoms with Crippen molar-refractivity contribution < 1.29 is 4.79 Å². The molecule has 0 radical (unpaired) electrons. The Kier molecular flexibility index (Phi) is 3.52. The summed E-state index contributed by atoms with van der Waals surface area (Å²) in [5.74, 6) is -0.175. The summed E-state index contributed by atoms with van der Waals surface area (Å²) in [7, 11) is 1.85. The van der Waals surface area contributed by atoms with E-state index in [9.17, 15) is 4.79 Å². The molecular weight excluding hydrogens is 202 g/mol. The summed E-state index contributed by atoms with van der Waals surface area (Å²) >= 11 is 5.40. The minimum absolute atomic E-state index is 0.0103. The van der Waals surface area contributed by atoms with E-state index >= 15 is 0 Å². The van der Waals surface area contributed by atoms with E-state index < -0.39 is 0 Å². The summed E-state index contributed by atoms with van der Waals surface area (Å²) in [6.07, 6.45) is 1.90. The average molecular weight is 216 g/mol. The number of nitrogens with one attached hydrogen (secondary N) is 1. The summed E-state index contributed by atoms with van der Waals surface area (Å²) in [4.78, 5) is 11.0. The van der Waals surface area contributed by atoms with Crippen LogP contribution in [0, 0.1) is 6.92 Å². The van der Waals surface area contributed by atoms with E-state index in [-0.39, 0.29) is 17.8 Å². The molecule has 78 valence electrons. The topological polar surface area (TPSA) is 46.9 Å². The fourth-order valence-corrected chi connectivity index (χ4v) is 1.48. The number of amides is 1. The zero-order valence-electron chi connectivity index (χ0n) is 8.54. The van der Waals surface area contributed by atoms with Gasteiger partial charge in [0.2, 0.25) is 5.91 Å². The Morgan fingerprint density at radius 1 is 1.79 bits per heavy atom. The standard InChI is InChI=1S/C9H14ClN3O/c1-6(11-9(14)4-10)8-5-13(3)12-7(8)2/h5-6H,4H2,1-3H3,(H,11,14). The zero-order chi connectivity index (χ0) is 10.7. The molecule has 1 N–H and O–H groups in total. The van der Waals surface area contributed by atoms with E-state index in [1.54, 1.807) is 4.68 Å². The molecule has 0 fully saturated rings. The van der Waals surface area contributed by atoms with Crippen LogP contribution in [0.1, 0.15) is 24.2 Å². The Bertz CT molecular complexity index is 335. The van der Waals surface area contributed by atoms with E-state index in [1.165, 1.54) is 0 Å². The van der Waals surface area contributed by atoms with Crippen molar-refractivity contribution in [1.29, 1.82) is 0 Å². The summed E-state index contributed by atoms with van der Waals surface area (Å²) in [6.45, 7) is 3.83. The normalized spacial score (nSPS) is 12.6. The van der Waals surface area contributed by atoms with Crippen LogP contribution in [-0.4, -0.2) is 21.6 Å². The Balaban J connectivity index is 2.73. The zero-order valence-corrected chi connectivity index (χ0v) is 9.30. The van der Waals surface area contributed by atoms with Gasteiger partial charge in [-0.15, -0.1) is 11.6 Å². The number of carbonyl (C=O) groups is 1. The fraction of sp³-hybridized carbons (Fsp3) is 0.556. The molecule has 0 aromatic carbocycles. The third kappa shape index (κ3) is 2.48. The van der Waals surface area contributed by atoms with Crippen molar-refractivity contribution in [1.82, 2.24) is 15.1 Å². The summed E-state index contributed by atoms with van der Waals surface area (Å²) in [6, 6.07) is -0.0463. The van der Waals surface area contributed by atoms with Crippen LogP contribution in [0.3, 0.4) is 0 Å². The van der Waals surface area contributed by atoms with Crippen molar-refractivity contribution >= 4 is 17.5 Å². The molecule has 0 bridgehead atoms. The van der Waals surface area contributed by atoms with Crippen LogP contribution in [-0.2, 0) is 11.8 Å². The molecule has 0 saturated heterocycles. The molecule has 0 aliphatic rings. The monoisotopic (exact) mass is 215 g/mol. The van der Waals surface area contributed by atoms with Crippen LogP contribution in [0.15, 0.2) is 6.20 Å². The summed E-state index contributed by atoms with van der Waals surface area (Å²) in [5, 5.41) is 6.97. The Labute approximate surface area is 88.2 Å². The predicted octanol–water partition coefficient (Wildman–Crippen LogP) is 1.14. The lowest BCUT2D eigenvalue weighted by Crippen LogP contribution is -2.27. The first-order valence-electron chi connectivity index (χ1n) is 4.40. The largest absolute Gasteiger partial charge is 0.348 e. The highest BCUT2D eigenvalue weighted by atomic mass is 35.5. The van der Waals surface area contributed by atoms with Crippen molar-refractivity contribution in [3.63, 3.8) is 0 Å². The quantitative estimate of drug-likeness (QED) is 0.769. The van der Waals surface area contributed by atoms with Gasteiger partial charge < -0.3 is 5.32 Å². The number of rotatable bonds is 3. The molecule has 1 heterocycles. The van der Waals surface area contributed by atoms with E-state index in [4.69, 9.17) is 11.6 Å². The molecule has 0 saturated carbocycles. The molecule has 1 atom stereocenters. The van der Waals surface area contributed by atoms with Crippen molar-refractivity contribution in [3.8, 4) is 0 Å². The van der Waals surface area contributed by atoms with Gasteiger partial charge in [-0.25, -0.2) is 0 Å². The molecule has 0 spiro atoms. The smallest absolute Gasteiger partial charge is 0.235 e. The maximum atomic E-state index is 11.0. The summed E-state index contributed by atoms with van der Waals surface area (Å²) < 4.78 is 1.73. The van der Waals surface area contributed by atoms with Crippen LogP contribution in [0.2, 0.25) is 0 Å². The lowest BCUT2D eigenvalue weighted by molar-refractivity contribution is -0.119. The first-order valence-corrected chi connectivity index (χ1v) is 4.93. The molecule has 1 amide bonds. The van der Waals surface area contributed by atoms with Crippen LogP contribution in [0.25, 0.3) is 0 Å². The van der Waals surface area contributed by atoms with Crippen LogP contribution in [0.4, 0.5) is 0 Å². The SMILES string of the molecule is Cc1nn(C)cc1C(C)NC(=O)CCl. The number of halogens is 1.